The van der Waals surface area contributed by atoms with E-state index in [1.54, 1.807) is 6.08 Å². The van der Waals surface area contributed by atoms with E-state index < -0.39 is 5.41 Å². The van der Waals surface area contributed by atoms with Crippen molar-refractivity contribution in [3.05, 3.63) is 184 Å². The molecule has 3 aliphatic rings. The van der Waals surface area contributed by atoms with Crippen molar-refractivity contribution >= 4 is 50.6 Å². The number of hydrogen-bond donors (Lipinski definition) is 0. The number of rotatable bonds is 1. The fourth-order valence-electron chi connectivity index (χ4n) is 8.55. The number of nitrogens with zero attached hydrogens (tertiary/aromatic N) is 1. The lowest BCUT2D eigenvalue weighted by Crippen LogP contribution is -2.36. The van der Waals surface area contributed by atoms with Gasteiger partial charge in [0.05, 0.1) is 11.0 Å². The van der Waals surface area contributed by atoms with Crippen LogP contribution in [0.15, 0.2) is 145 Å². The lowest BCUT2D eigenvalue weighted by Gasteiger charge is -2.44. The van der Waals surface area contributed by atoms with Crippen LogP contribution in [-0.2, 0) is 5.41 Å². The van der Waals surface area contributed by atoms with Gasteiger partial charge in [-0.05, 0) is 91.3 Å². The van der Waals surface area contributed by atoms with Gasteiger partial charge in [-0.15, -0.1) is 0 Å². The number of anilines is 2. The molecule has 47 heavy (non-hydrogen) atoms. The number of benzene rings is 7. The molecule has 0 bridgehead atoms. The maximum atomic E-state index is 13.6. The van der Waals surface area contributed by atoms with Crippen LogP contribution < -0.4 is 4.90 Å². The fourth-order valence-corrected chi connectivity index (χ4v) is 8.55. The molecule has 1 aliphatic heterocycles. The molecule has 2 aliphatic carbocycles. The monoisotopic (exact) mass is 601 g/mol. The molecule has 7 aromatic rings. The van der Waals surface area contributed by atoms with Crippen molar-refractivity contribution < 1.29 is 9.59 Å². The zero-order valence-electron chi connectivity index (χ0n) is 25.6. The van der Waals surface area contributed by atoms with Gasteiger partial charge in [0, 0.05) is 35.1 Å². The molecule has 220 valence electrons. The first-order chi connectivity index (χ1) is 23.1. The molecule has 0 saturated carbocycles. The minimum Gasteiger partial charge on any atom is -0.344 e. The van der Waals surface area contributed by atoms with Crippen LogP contribution in [0.1, 0.15) is 48.5 Å². The molecule has 1 spiro atoms. The Bertz CT molecular complexity index is 2490. The van der Waals surface area contributed by atoms with E-state index in [1.165, 1.54) is 39.1 Å². The smallest absolute Gasteiger partial charge is 0.197 e. The number of Topliss-reactive ketones (excluding diaryl/α,β-unsaturated/α-hetero) is 2. The molecular formula is C44H27NO2. The first-order valence-corrected chi connectivity index (χ1v) is 16.0. The maximum Gasteiger partial charge on any atom is 0.197 e. The summed E-state index contributed by atoms with van der Waals surface area (Å²) in [6.45, 7) is 0. The third kappa shape index (κ3) is 3.30. The zero-order chi connectivity index (χ0) is 31.4. The summed E-state index contributed by atoms with van der Waals surface area (Å²) in [7, 11) is 2.15. The van der Waals surface area contributed by atoms with Crippen LogP contribution in [0.3, 0.4) is 0 Å². The Hall–Kier alpha value is -6.06. The van der Waals surface area contributed by atoms with Gasteiger partial charge in [0.15, 0.2) is 11.6 Å². The first kappa shape index (κ1) is 26.2. The van der Waals surface area contributed by atoms with Gasteiger partial charge in [-0.2, -0.15) is 0 Å². The molecule has 0 radical (unpaired) electrons. The molecule has 3 heteroatoms. The third-order valence-corrected chi connectivity index (χ3v) is 10.6. The number of carbonyl (C=O) groups is 2. The van der Waals surface area contributed by atoms with Crippen molar-refractivity contribution in [2.45, 2.75) is 5.41 Å². The van der Waals surface area contributed by atoms with Crippen LogP contribution in [0, 0.1) is 0 Å². The molecule has 7 aromatic carbocycles. The van der Waals surface area contributed by atoms with Gasteiger partial charge in [0.25, 0.3) is 0 Å². The van der Waals surface area contributed by atoms with Crippen molar-refractivity contribution in [2.24, 2.45) is 0 Å². The molecule has 1 heterocycles. The Morgan fingerprint density at radius 2 is 1.09 bits per heavy atom. The lowest BCUT2D eigenvalue weighted by molar-refractivity contribution is 0.0990. The molecule has 10 rings (SSSR count). The lowest BCUT2D eigenvalue weighted by atomic mass is 9.63. The summed E-state index contributed by atoms with van der Waals surface area (Å²) in [6.07, 6.45) is 1.77. The number of fused-ring (bicyclic) bond motifs is 13. The van der Waals surface area contributed by atoms with E-state index in [0.717, 1.165) is 32.8 Å². The molecule has 0 N–H and O–H groups in total. The molecule has 0 saturated heterocycles. The number of para-hydroxylation sites is 1. The second kappa shape index (κ2) is 9.24. The second-order valence-electron chi connectivity index (χ2n) is 12.8. The Labute approximate surface area is 272 Å². The van der Waals surface area contributed by atoms with Gasteiger partial charge < -0.3 is 4.90 Å². The number of carbonyl (C=O) groups excluding carboxylic acids is 2. The van der Waals surface area contributed by atoms with Crippen LogP contribution in [0.25, 0.3) is 38.7 Å². The van der Waals surface area contributed by atoms with E-state index in [1.807, 2.05) is 36.4 Å². The van der Waals surface area contributed by atoms with E-state index in [2.05, 4.69) is 115 Å². The minimum absolute atomic E-state index is 0.211. The number of hydrogen-bond acceptors (Lipinski definition) is 3. The molecular weight excluding hydrogens is 574 g/mol. The summed E-state index contributed by atoms with van der Waals surface area (Å²) >= 11 is 0. The highest BCUT2D eigenvalue weighted by Crippen LogP contribution is 2.63. The highest BCUT2D eigenvalue weighted by Gasteiger charge is 2.51. The zero-order valence-corrected chi connectivity index (χ0v) is 25.6. The van der Waals surface area contributed by atoms with E-state index in [4.69, 9.17) is 0 Å². The molecule has 0 unspecified atom stereocenters. The predicted octanol–water partition coefficient (Wildman–Crippen LogP) is 9.90. The average Bonchev–Trinajstić information content (AvgIpc) is 3.53. The van der Waals surface area contributed by atoms with Gasteiger partial charge in [0.2, 0.25) is 0 Å². The van der Waals surface area contributed by atoms with Crippen molar-refractivity contribution in [1.82, 2.24) is 0 Å². The Kier molecular flexibility index (Phi) is 5.15. The standard InChI is InChI=1S/C44H27NO2/c1-45-39-17-9-8-16-38(39)44(36-14-6-4-12-31(36)32-13-5-7-15-37(32)44)41-30-20-18-26(22-29(30)19-21-40(41)45)23-35-42(46)33-24-27-10-2-3-11-28(27)25-34(33)43(35)47/h2-25H,1H3. The van der Waals surface area contributed by atoms with E-state index in [-0.39, 0.29) is 17.1 Å². The predicted molar refractivity (Wildman–Crippen MR) is 190 cm³/mol. The third-order valence-electron chi connectivity index (χ3n) is 10.6. The van der Waals surface area contributed by atoms with Gasteiger partial charge in [0.1, 0.15) is 0 Å². The van der Waals surface area contributed by atoms with Crippen LogP contribution in [0.5, 0.6) is 0 Å². The Morgan fingerprint density at radius 1 is 0.511 bits per heavy atom. The van der Waals surface area contributed by atoms with Crippen molar-refractivity contribution in [2.75, 3.05) is 11.9 Å². The largest absolute Gasteiger partial charge is 0.344 e. The van der Waals surface area contributed by atoms with Crippen molar-refractivity contribution in [1.29, 1.82) is 0 Å². The van der Waals surface area contributed by atoms with Gasteiger partial charge in [-0.3, -0.25) is 9.59 Å². The second-order valence-corrected chi connectivity index (χ2v) is 12.8. The average molecular weight is 602 g/mol. The molecule has 0 fully saturated rings. The molecule has 0 amide bonds. The van der Waals surface area contributed by atoms with Crippen LogP contribution in [-0.4, -0.2) is 18.6 Å². The van der Waals surface area contributed by atoms with Gasteiger partial charge in [-0.25, -0.2) is 0 Å². The van der Waals surface area contributed by atoms with Crippen molar-refractivity contribution in [3.63, 3.8) is 0 Å². The van der Waals surface area contributed by atoms with Gasteiger partial charge in [-0.1, -0.05) is 109 Å². The quantitative estimate of drug-likeness (QED) is 0.139. The van der Waals surface area contributed by atoms with Gasteiger partial charge >= 0.3 is 0 Å². The van der Waals surface area contributed by atoms with E-state index in [0.29, 0.717) is 11.1 Å². The Morgan fingerprint density at radius 3 is 1.74 bits per heavy atom. The summed E-state index contributed by atoms with van der Waals surface area (Å²) in [5.74, 6) is -0.421. The summed E-state index contributed by atoms with van der Waals surface area (Å²) in [6, 6.07) is 48.7. The van der Waals surface area contributed by atoms with Crippen molar-refractivity contribution in [3.8, 4) is 11.1 Å². The molecule has 0 atom stereocenters. The fraction of sp³-hybridized carbons (Fsp3) is 0.0455. The van der Waals surface area contributed by atoms with E-state index in [9.17, 15) is 9.59 Å². The minimum atomic E-state index is -0.508. The van der Waals surface area contributed by atoms with Crippen LogP contribution in [0.2, 0.25) is 0 Å². The topological polar surface area (TPSA) is 37.4 Å². The summed E-state index contributed by atoms with van der Waals surface area (Å²) in [5.41, 5.74) is 11.5. The molecule has 0 aromatic heterocycles. The maximum absolute atomic E-state index is 13.6. The SMILES string of the molecule is CN1c2ccccc2C2(c3ccccc3-c3ccccc32)c2c1ccc1cc(C=C3C(=O)c4cc5ccccc5cc4C3=O)ccc21. The van der Waals surface area contributed by atoms with E-state index >= 15 is 0 Å². The van der Waals surface area contributed by atoms with Crippen LogP contribution in [0.4, 0.5) is 11.4 Å². The number of allylic oxidation sites excluding steroid dienone is 1. The van der Waals surface area contributed by atoms with Crippen LogP contribution >= 0.6 is 0 Å². The first-order valence-electron chi connectivity index (χ1n) is 16.0. The Balaban J connectivity index is 1.20. The number of ketones is 2. The normalized spacial score (nSPS) is 15.1. The highest BCUT2D eigenvalue weighted by molar-refractivity contribution is 6.42. The molecule has 3 nitrogen and oxygen atoms in total. The highest BCUT2D eigenvalue weighted by atomic mass is 16.2. The summed E-state index contributed by atoms with van der Waals surface area (Å²) in [4.78, 5) is 29.5. The summed E-state index contributed by atoms with van der Waals surface area (Å²) < 4.78 is 0. The summed E-state index contributed by atoms with van der Waals surface area (Å²) in [5, 5.41) is 4.13.